The van der Waals surface area contributed by atoms with Gasteiger partial charge in [0.25, 0.3) is 6.47 Å². The van der Waals surface area contributed by atoms with E-state index in [0.717, 1.165) is 48.8 Å². The Bertz CT molecular complexity index is 947. The van der Waals surface area contributed by atoms with Crippen molar-refractivity contribution in [3.8, 4) is 5.69 Å². The average molecular weight is 411 g/mol. The van der Waals surface area contributed by atoms with Crippen LogP contribution in [0.2, 0.25) is 0 Å². The Kier molecular flexibility index (Phi) is 7.14. The number of aromatic amines is 1. The second-order valence-electron chi connectivity index (χ2n) is 6.87. The monoisotopic (exact) mass is 411 g/mol. The number of imidazole rings is 1. The van der Waals surface area contributed by atoms with Crippen molar-refractivity contribution < 1.29 is 14.7 Å². The average Bonchev–Trinajstić information content (AvgIpc) is 3.45. The Morgan fingerprint density at radius 2 is 2.03 bits per heavy atom. The Hall–Kier alpha value is -3.69. The number of benzene rings is 1. The quantitative estimate of drug-likeness (QED) is 0.564. The standard InChI is InChI=1S/C19H23N7O.CH2O2/c1-14-20-8-11-26(14)17-5-3-2-4-16(17)12-21-19(27)25-9-6-15(7-10-25)18-22-13-23-24-18;2-1-3/h2-5,8,11,13,15H,6-7,9-10,12H2,1H3,(H,21,27)(H,22,23,24);1H,(H,2,3). The fourth-order valence-electron chi connectivity index (χ4n) is 3.58. The Balaban J connectivity index is 0.000000806. The third kappa shape index (κ3) is 5.02. The van der Waals surface area contributed by atoms with Gasteiger partial charge in [-0.25, -0.2) is 14.8 Å². The highest BCUT2D eigenvalue weighted by Crippen LogP contribution is 2.25. The SMILES string of the molecule is Cc1nccn1-c1ccccc1CNC(=O)N1CCC(c2ncn[nH]2)CC1.O=CO. The van der Waals surface area contributed by atoms with E-state index in [9.17, 15) is 4.79 Å². The number of nitrogens with one attached hydrogen (secondary N) is 2. The van der Waals surface area contributed by atoms with E-state index >= 15 is 0 Å². The molecule has 0 spiro atoms. The highest BCUT2D eigenvalue weighted by molar-refractivity contribution is 5.74. The van der Waals surface area contributed by atoms with Crippen LogP contribution in [0.1, 0.15) is 36.0 Å². The van der Waals surface area contributed by atoms with Gasteiger partial charge in [0.15, 0.2) is 0 Å². The fourth-order valence-corrected chi connectivity index (χ4v) is 3.58. The van der Waals surface area contributed by atoms with E-state index in [2.05, 4.69) is 25.5 Å². The summed E-state index contributed by atoms with van der Waals surface area (Å²) in [5.41, 5.74) is 2.10. The van der Waals surface area contributed by atoms with Crippen molar-refractivity contribution in [3.05, 3.63) is 60.2 Å². The van der Waals surface area contributed by atoms with Crippen LogP contribution >= 0.6 is 0 Å². The zero-order valence-corrected chi connectivity index (χ0v) is 16.7. The number of aromatic nitrogens is 5. The summed E-state index contributed by atoms with van der Waals surface area (Å²) in [7, 11) is 0. The minimum absolute atomic E-state index is 0.0248. The molecule has 158 valence electrons. The number of para-hydroxylation sites is 1. The second-order valence-corrected chi connectivity index (χ2v) is 6.87. The number of nitrogens with zero attached hydrogens (tertiary/aromatic N) is 5. The van der Waals surface area contributed by atoms with Crippen molar-refractivity contribution >= 4 is 12.5 Å². The number of aryl methyl sites for hydroxylation is 1. The number of hydrogen-bond donors (Lipinski definition) is 3. The molecule has 10 nitrogen and oxygen atoms in total. The first-order chi connectivity index (χ1) is 14.6. The van der Waals surface area contributed by atoms with Crippen molar-refractivity contribution in [1.29, 1.82) is 0 Å². The molecule has 2 amide bonds. The molecule has 0 saturated carbocycles. The summed E-state index contributed by atoms with van der Waals surface area (Å²) in [4.78, 5) is 31.3. The van der Waals surface area contributed by atoms with E-state index in [-0.39, 0.29) is 12.5 Å². The van der Waals surface area contributed by atoms with Crippen molar-refractivity contribution in [3.63, 3.8) is 0 Å². The molecule has 0 bridgehead atoms. The Morgan fingerprint density at radius 1 is 1.30 bits per heavy atom. The van der Waals surface area contributed by atoms with E-state index in [1.54, 1.807) is 6.20 Å². The number of hydrogen-bond acceptors (Lipinski definition) is 5. The smallest absolute Gasteiger partial charge is 0.317 e. The maximum Gasteiger partial charge on any atom is 0.317 e. The van der Waals surface area contributed by atoms with Crippen LogP contribution in [-0.4, -0.2) is 60.3 Å². The van der Waals surface area contributed by atoms with Gasteiger partial charge >= 0.3 is 6.03 Å². The zero-order chi connectivity index (χ0) is 21.3. The van der Waals surface area contributed by atoms with Gasteiger partial charge in [0, 0.05) is 37.9 Å². The molecule has 0 radical (unpaired) electrons. The van der Waals surface area contributed by atoms with Gasteiger partial charge in [0.1, 0.15) is 18.0 Å². The lowest BCUT2D eigenvalue weighted by Crippen LogP contribution is -2.44. The first-order valence-electron chi connectivity index (χ1n) is 9.68. The summed E-state index contributed by atoms with van der Waals surface area (Å²) < 4.78 is 2.03. The summed E-state index contributed by atoms with van der Waals surface area (Å²) in [6.07, 6.45) is 7.04. The van der Waals surface area contributed by atoms with Crippen molar-refractivity contribution in [2.24, 2.45) is 0 Å². The maximum absolute atomic E-state index is 12.6. The third-order valence-corrected chi connectivity index (χ3v) is 5.11. The molecule has 1 aliphatic heterocycles. The van der Waals surface area contributed by atoms with Crippen LogP contribution in [0.5, 0.6) is 0 Å². The molecule has 30 heavy (non-hydrogen) atoms. The first kappa shape index (κ1) is 21.0. The van der Waals surface area contributed by atoms with Crippen LogP contribution in [0, 0.1) is 6.92 Å². The van der Waals surface area contributed by atoms with Crippen LogP contribution < -0.4 is 5.32 Å². The molecule has 1 fully saturated rings. The summed E-state index contributed by atoms with van der Waals surface area (Å²) in [5, 5.41) is 16.8. The van der Waals surface area contributed by atoms with Gasteiger partial charge in [0.05, 0.1) is 5.69 Å². The molecule has 10 heteroatoms. The van der Waals surface area contributed by atoms with Crippen molar-refractivity contribution in [2.45, 2.75) is 32.2 Å². The molecule has 2 aromatic heterocycles. The third-order valence-electron chi connectivity index (χ3n) is 5.11. The normalized spacial score (nSPS) is 14.0. The highest BCUT2D eigenvalue weighted by atomic mass is 16.3. The molecule has 1 aromatic carbocycles. The molecule has 4 rings (SSSR count). The van der Waals surface area contributed by atoms with Gasteiger partial charge in [-0.2, -0.15) is 5.10 Å². The lowest BCUT2D eigenvalue weighted by Gasteiger charge is -2.31. The molecule has 1 aliphatic rings. The van der Waals surface area contributed by atoms with E-state index in [1.165, 1.54) is 6.33 Å². The molecule has 0 unspecified atom stereocenters. The minimum Gasteiger partial charge on any atom is -0.483 e. The van der Waals surface area contributed by atoms with Crippen LogP contribution in [0.15, 0.2) is 43.0 Å². The van der Waals surface area contributed by atoms with Gasteiger partial charge in [-0.3, -0.25) is 9.89 Å². The molecule has 0 aliphatic carbocycles. The summed E-state index contributed by atoms with van der Waals surface area (Å²) in [5.74, 6) is 2.18. The topological polar surface area (TPSA) is 129 Å². The van der Waals surface area contributed by atoms with Crippen LogP contribution in [0.4, 0.5) is 4.79 Å². The zero-order valence-electron chi connectivity index (χ0n) is 16.7. The summed E-state index contributed by atoms with van der Waals surface area (Å²) in [6, 6.07) is 8.03. The van der Waals surface area contributed by atoms with E-state index in [0.29, 0.717) is 12.5 Å². The van der Waals surface area contributed by atoms with Gasteiger partial charge < -0.3 is 19.9 Å². The van der Waals surface area contributed by atoms with Crippen LogP contribution in [0.3, 0.4) is 0 Å². The number of likely N-dealkylation sites (tertiary alicyclic amines) is 1. The largest absolute Gasteiger partial charge is 0.483 e. The molecular formula is C20H25N7O3. The molecule has 3 N–H and O–H groups in total. The Labute approximate surface area is 174 Å². The number of urea groups is 1. The predicted octanol–water partition coefficient (Wildman–Crippen LogP) is 2.09. The molecule has 3 heterocycles. The lowest BCUT2D eigenvalue weighted by atomic mass is 9.96. The number of carbonyl (C=O) groups is 2. The van der Waals surface area contributed by atoms with Gasteiger partial charge in [-0.15, -0.1) is 0 Å². The second kappa shape index (κ2) is 10.2. The van der Waals surface area contributed by atoms with Gasteiger partial charge in [0.2, 0.25) is 0 Å². The number of rotatable bonds is 4. The first-order valence-corrected chi connectivity index (χ1v) is 9.68. The van der Waals surface area contributed by atoms with Crippen LogP contribution in [0.25, 0.3) is 5.69 Å². The number of H-pyrrole nitrogens is 1. The van der Waals surface area contributed by atoms with E-state index in [4.69, 9.17) is 9.90 Å². The molecule has 3 aromatic rings. The fraction of sp³-hybridized carbons (Fsp3) is 0.350. The summed E-state index contributed by atoms with van der Waals surface area (Å²) in [6.45, 7) is 3.64. The predicted molar refractivity (Wildman–Crippen MR) is 109 cm³/mol. The summed E-state index contributed by atoms with van der Waals surface area (Å²) >= 11 is 0. The van der Waals surface area contributed by atoms with Gasteiger partial charge in [-0.1, -0.05) is 18.2 Å². The van der Waals surface area contributed by atoms with Crippen molar-refractivity contribution in [2.75, 3.05) is 13.1 Å². The lowest BCUT2D eigenvalue weighted by molar-refractivity contribution is -0.122. The number of amides is 2. The minimum atomic E-state index is -0.250. The molecular weight excluding hydrogens is 386 g/mol. The number of piperidine rings is 1. The maximum atomic E-state index is 12.6. The highest BCUT2D eigenvalue weighted by Gasteiger charge is 2.25. The van der Waals surface area contributed by atoms with Gasteiger partial charge in [-0.05, 0) is 31.4 Å². The molecule has 1 saturated heterocycles. The van der Waals surface area contributed by atoms with Crippen LogP contribution in [-0.2, 0) is 11.3 Å². The van der Waals surface area contributed by atoms with Crippen molar-refractivity contribution in [1.82, 2.24) is 34.9 Å². The Morgan fingerprint density at radius 3 is 2.67 bits per heavy atom. The van der Waals surface area contributed by atoms with E-state index in [1.807, 2.05) is 46.9 Å². The van der Waals surface area contributed by atoms with E-state index < -0.39 is 0 Å². The number of carbonyl (C=O) groups excluding carboxylic acids is 1. The number of carboxylic acid groups (broad SMARTS) is 1. The molecule has 0 atom stereocenters.